The molecule has 2 aliphatic heterocycles. The van der Waals surface area contributed by atoms with Crippen LogP contribution in [0, 0.1) is 18.8 Å². The van der Waals surface area contributed by atoms with Crippen molar-refractivity contribution in [2.75, 3.05) is 19.6 Å². The Morgan fingerprint density at radius 3 is 2.59 bits per heavy atom. The van der Waals surface area contributed by atoms with Crippen molar-refractivity contribution >= 4 is 29.1 Å². The largest absolute Gasteiger partial charge is 0.335 e. The van der Waals surface area contributed by atoms with Gasteiger partial charge in [-0.05, 0) is 35.6 Å². The number of halogens is 2. The first-order valence-electron chi connectivity index (χ1n) is 9.43. The van der Waals surface area contributed by atoms with Gasteiger partial charge in [-0.25, -0.2) is 0 Å². The first-order valence-corrected chi connectivity index (χ1v) is 10.2. The van der Waals surface area contributed by atoms with E-state index in [4.69, 9.17) is 23.2 Å². The lowest BCUT2D eigenvalue weighted by Crippen LogP contribution is -2.34. The van der Waals surface area contributed by atoms with Crippen molar-refractivity contribution in [1.82, 2.24) is 9.80 Å². The molecular weight excluding hydrogens is 379 g/mol. The number of carbonyl (C=O) groups is 1. The second-order valence-corrected chi connectivity index (χ2v) is 8.59. The average molecular weight is 403 g/mol. The number of fused-ring (bicyclic) bond motifs is 1. The van der Waals surface area contributed by atoms with Crippen LogP contribution in [-0.2, 0) is 11.3 Å². The summed E-state index contributed by atoms with van der Waals surface area (Å²) in [4.78, 5) is 16.8. The molecule has 0 spiro atoms. The molecule has 0 N–H and O–H groups in total. The lowest BCUT2D eigenvalue weighted by molar-refractivity contribution is -0.130. The molecule has 2 heterocycles. The Morgan fingerprint density at radius 2 is 1.85 bits per heavy atom. The first-order chi connectivity index (χ1) is 13.0. The van der Waals surface area contributed by atoms with Gasteiger partial charge in [-0.3, -0.25) is 9.69 Å². The van der Waals surface area contributed by atoms with E-state index in [1.54, 1.807) is 6.92 Å². The molecule has 0 bridgehead atoms. The van der Waals surface area contributed by atoms with Crippen molar-refractivity contribution < 1.29 is 4.79 Å². The number of rotatable bonds is 3. The van der Waals surface area contributed by atoms with Gasteiger partial charge in [0.2, 0.25) is 5.91 Å². The minimum atomic E-state index is 0.161. The highest BCUT2D eigenvalue weighted by molar-refractivity contribution is 6.42. The van der Waals surface area contributed by atoms with Gasteiger partial charge in [-0.1, -0.05) is 59.6 Å². The predicted octanol–water partition coefficient (Wildman–Crippen LogP) is 4.95. The van der Waals surface area contributed by atoms with E-state index < -0.39 is 0 Å². The Hall–Kier alpha value is -1.55. The Balaban J connectivity index is 1.58. The molecule has 2 aliphatic rings. The highest BCUT2D eigenvalue weighted by Crippen LogP contribution is 2.46. The second-order valence-electron chi connectivity index (χ2n) is 7.80. The monoisotopic (exact) mass is 402 g/mol. The molecule has 2 saturated heterocycles. The smallest absolute Gasteiger partial charge is 0.219 e. The average Bonchev–Trinajstić information content (AvgIpc) is 3.17. The van der Waals surface area contributed by atoms with Gasteiger partial charge in [-0.2, -0.15) is 0 Å². The van der Waals surface area contributed by atoms with Crippen LogP contribution in [0.4, 0.5) is 0 Å². The molecule has 0 aromatic heterocycles. The highest BCUT2D eigenvalue weighted by Gasteiger charge is 2.48. The fraction of sp³-hybridized carbons (Fsp3) is 0.409. The molecule has 27 heavy (non-hydrogen) atoms. The lowest BCUT2D eigenvalue weighted by Gasteiger charge is -2.30. The zero-order chi connectivity index (χ0) is 19.1. The van der Waals surface area contributed by atoms with E-state index in [0.29, 0.717) is 21.9 Å². The number of likely N-dealkylation sites (tertiary alicyclic amines) is 2. The Kier molecular flexibility index (Phi) is 5.19. The van der Waals surface area contributed by atoms with Gasteiger partial charge < -0.3 is 4.90 Å². The van der Waals surface area contributed by atoms with Crippen molar-refractivity contribution in [2.45, 2.75) is 26.4 Å². The summed E-state index contributed by atoms with van der Waals surface area (Å²) < 4.78 is 0. The molecule has 0 unspecified atom stereocenters. The summed E-state index contributed by atoms with van der Waals surface area (Å²) in [6, 6.07) is 14.4. The summed E-state index contributed by atoms with van der Waals surface area (Å²) in [5, 5.41) is 1.26. The van der Waals surface area contributed by atoms with Crippen LogP contribution in [0.3, 0.4) is 0 Å². The third kappa shape index (κ3) is 3.49. The van der Waals surface area contributed by atoms with E-state index in [1.165, 1.54) is 11.1 Å². The van der Waals surface area contributed by atoms with Gasteiger partial charge in [0.15, 0.2) is 0 Å². The number of carbonyl (C=O) groups excluding carboxylic acids is 1. The fourth-order valence-electron chi connectivity index (χ4n) is 4.82. The third-order valence-electron chi connectivity index (χ3n) is 6.08. The fourth-order valence-corrected chi connectivity index (χ4v) is 5.20. The van der Waals surface area contributed by atoms with Gasteiger partial charge in [0.1, 0.15) is 0 Å². The van der Waals surface area contributed by atoms with E-state index in [2.05, 4.69) is 41.0 Å². The van der Waals surface area contributed by atoms with Crippen molar-refractivity contribution in [3.8, 4) is 0 Å². The number of amides is 1. The van der Waals surface area contributed by atoms with Crippen LogP contribution in [0.25, 0.3) is 0 Å². The molecule has 1 amide bonds. The molecule has 4 rings (SSSR count). The maximum absolute atomic E-state index is 12.3. The Labute approximate surface area is 170 Å². The van der Waals surface area contributed by atoms with Crippen LogP contribution in [0.15, 0.2) is 42.5 Å². The molecular formula is C22H24Cl2N2O. The molecule has 2 aromatic carbocycles. The maximum Gasteiger partial charge on any atom is 0.219 e. The molecule has 0 saturated carbocycles. The van der Waals surface area contributed by atoms with E-state index in [1.807, 2.05) is 18.2 Å². The molecule has 2 fully saturated rings. The van der Waals surface area contributed by atoms with Crippen molar-refractivity contribution in [3.05, 3.63) is 69.2 Å². The number of nitrogens with zero attached hydrogens (tertiary/aromatic N) is 2. The normalized spacial score (nSPS) is 25.0. The molecule has 0 radical (unpaired) electrons. The predicted molar refractivity (Wildman–Crippen MR) is 110 cm³/mol. The van der Waals surface area contributed by atoms with Crippen molar-refractivity contribution in [3.63, 3.8) is 0 Å². The van der Waals surface area contributed by atoms with E-state index in [0.717, 1.165) is 31.7 Å². The Bertz CT molecular complexity index is 869. The van der Waals surface area contributed by atoms with Crippen LogP contribution >= 0.6 is 23.2 Å². The van der Waals surface area contributed by atoms with Crippen LogP contribution in [0.1, 0.15) is 29.7 Å². The third-order valence-corrected chi connectivity index (χ3v) is 6.93. The molecule has 142 valence electrons. The summed E-state index contributed by atoms with van der Waals surface area (Å²) in [6.07, 6.45) is 0. The van der Waals surface area contributed by atoms with E-state index in [9.17, 15) is 4.79 Å². The standard InChI is InChI=1S/C22H24Cl2N2O/c1-14-6-3-4-8-18(14)22-19-13-25(11-17(19)12-26(22)15(2)27)10-16-7-5-9-20(23)21(16)24/h3-9,17,19,22H,10-13H2,1-2H3/t17-,19-,22-/m1/s1. The second kappa shape index (κ2) is 7.46. The van der Waals surface area contributed by atoms with Crippen LogP contribution in [0.5, 0.6) is 0 Å². The number of aryl methyl sites for hydroxylation is 1. The summed E-state index contributed by atoms with van der Waals surface area (Å²) in [5.41, 5.74) is 3.61. The first kappa shape index (κ1) is 18.8. The summed E-state index contributed by atoms with van der Waals surface area (Å²) in [7, 11) is 0. The van der Waals surface area contributed by atoms with Crippen LogP contribution in [-0.4, -0.2) is 35.3 Å². The van der Waals surface area contributed by atoms with E-state index >= 15 is 0 Å². The van der Waals surface area contributed by atoms with Gasteiger partial charge in [0.25, 0.3) is 0 Å². The minimum Gasteiger partial charge on any atom is -0.335 e. The molecule has 3 nitrogen and oxygen atoms in total. The summed E-state index contributed by atoms with van der Waals surface area (Å²) >= 11 is 12.6. The van der Waals surface area contributed by atoms with Gasteiger partial charge >= 0.3 is 0 Å². The van der Waals surface area contributed by atoms with Crippen LogP contribution < -0.4 is 0 Å². The summed E-state index contributed by atoms with van der Waals surface area (Å²) in [6.45, 7) is 7.41. The number of hydrogen-bond donors (Lipinski definition) is 0. The Morgan fingerprint density at radius 1 is 1.07 bits per heavy atom. The highest BCUT2D eigenvalue weighted by atomic mass is 35.5. The topological polar surface area (TPSA) is 23.6 Å². The number of benzene rings is 2. The number of hydrogen-bond acceptors (Lipinski definition) is 2. The zero-order valence-electron chi connectivity index (χ0n) is 15.7. The zero-order valence-corrected chi connectivity index (χ0v) is 17.2. The summed E-state index contributed by atoms with van der Waals surface area (Å²) in [5.74, 6) is 1.12. The molecule has 0 aliphatic carbocycles. The lowest BCUT2D eigenvalue weighted by atomic mass is 9.87. The molecule has 3 atom stereocenters. The van der Waals surface area contributed by atoms with Crippen LogP contribution in [0.2, 0.25) is 10.0 Å². The quantitative estimate of drug-likeness (QED) is 0.724. The van der Waals surface area contributed by atoms with Gasteiger partial charge in [0.05, 0.1) is 16.1 Å². The van der Waals surface area contributed by atoms with Gasteiger partial charge in [0, 0.05) is 39.0 Å². The van der Waals surface area contributed by atoms with Gasteiger partial charge in [-0.15, -0.1) is 0 Å². The molecule has 5 heteroatoms. The molecule has 2 aromatic rings. The van der Waals surface area contributed by atoms with E-state index in [-0.39, 0.29) is 11.9 Å². The SMILES string of the molecule is CC(=O)N1C[C@H]2CN(Cc3cccc(Cl)c3Cl)C[C@H]2[C@H]1c1ccccc1C. The van der Waals surface area contributed by atoms with Crippen molar-refractivity contribution in [2.24, 2.45) is 11.8 Å². The maximum atomic E-state index is 12.3. The van der Waals surface area contributed by atoms with Crippen molar-refractivity contribution in [1.29, 1.82) is 0 Å². The minimum absolute atomic E-state index is 0.161.